The average molecular weight is 466 g/mol. The van der Waals surface area contributed by atoms with Crippen molar-refractivity contribution in [1.29, 1.82) is 0 Å². The molecule has 0 radical (unpaired) electrons. The summed E-state index contributed by atoms with van der Waals surface area (Å²) in [4.78, 5) is 32.9. The van der Waals surface area contributed by atoms with E-state index in [0.717, 1.165) is 22.4 Å². The maximum Gasteiger partial charge on any atom is 0.263 e. The number of aryl methyl sites for hydroxylation is 2. The first-order valence-corrected chi connectivity index (χ1v) is 11.1. The van der Waals surface area contributed by atoms with Crippen LogP contribution in [0.2, 0.25) is 0 Å². The van der Waals surface area contributed by atoms with Crippen LogP contribution in [0, 0.1) is 20.8 Å². The van der Waals surface area contributed by atoms with Gasteiger partial charge in [-0.1, -0.05) is 42.5 Å². The number of aromatic amines is 1. The molecule has 0 aliphatic carbocycles. The summed E-state index contributed by atoms with van der Waals surface area (Å²) in [6.07, 6.45) is 4.66. The standard InChI is InChI=1S/C26H23N7O2/c1-16-8-7-11-21(18(16)3)32-24-20(15-27-32)25(35)30-26(29-24)33-22(14-17(2)31-33)28-23(34)13-12-19-9-5-4-6-10-19/h4-15H,1-3H3,(H,28,34)(H,29,30,35)/b13-12-. The molecule has 0 saturated carbocycles. The molecule has 0 aliphatic rings. The average Bonchev–Trinajstić information content (AvgIpc) is 3.43. The van der Waals surface area contributed by atoms with Crippen molar-refractivity contribution in [2.75, 3.05) is 5.32 Å². The Kier molecular flexibility index (Phi) is 5.58. The number of hydrogen-bond donors (Lipinski definition) is 2. The van der Waals surface area contributed by atoms with Crippen molar-refractivity contribution in [1.82, 2.24) is 29.5 Å². The maximum atomic E-state index is 12.9. The highest BCUT2D eigenvalue weighted by Crippen LogP contribution is 2.21. The first-order valence-electron chi connectivity index (χ1n) is 11.1. The van der Waals surface area contributed by atoms with Crippen LogP contribution in [-0.4, -0.2) is 35.4 Å². The SMILES string of the molecule is Cc1cc(NC(=O)/C=C\c2ccccc2)n(-c2nc3c(cnn3-c3cccc(C)c3C)c(=O)[nH]2)n1. The van der Waals surface area contributed by atoms with Gasteiger partial charge in [-0.05, 0) is 49.6 Å². The van der Waals surface area contributed by atoms with Gasteiger partial charge in [0.2, 0.25) is 11.9 Å². The number of aromatic nitrogens is 6. The lowest BCUT2D eigenvalue weighted by molar-refractivity contribution is -0.111. The van der Waals surface area contributed by atoms with E-state index < -0.39 is 0 Å². The Morgan fingerprint density at radius 3 is 2.63 bits per heavy atom. The molecule has 0 fully saturated rings. The van der Waals surface area contributed by atoms with Gasteiger partial charge >= 0.3 is 0 Å². The summed E-state index contributed by atoms with van der Waals surface area (Å²) in [6, 6.07) is 17.1. The topological polar surface area (TPSA) is 110 Å². The number of nitrogens with one attached hydrogen (secondary N) is 2. The minimum atomic E-state index is -0.351. The summed E-state index contributed by atoms with van der Waals surface area (Å²) in [5.74, 6) is 0.217. The molecule has 9 nitrogen and oxygen atoms in total. The van der Waals surface area contributed by atoms with E-state index in [-0.39, 0.29) is 17.4 Å². The molecule has 3 heterocycles. The summed E-state index contributed by atoms with van der Waals surface area (Å²) >= 11 is 0. The summed E-state index contributed by atoms with van der Waals surface area (Å²) < 4.78 is 3.05. The molecule has 5 aromatic rings. The maximum absolute atomic E-state index is 12.9. The molecule has 0 atom stereocenters. The molecular weight excluding hydrogens is 442 g/mol. The first kappa shape index (κ1) is 22.0. The second-order valence-electron chi connectivity index (χ2n) is 8.22. The van der Waals surface area contributed by atoms with Gasteiger partial charge < -0.3 is 5.32 Å². The van der Waals surface area contributed by atoms with Gasteiger partial charge in [0, 0.05) is 12.1 Å². The van der Waals surface area contributed by atoms with Crippen LogP contribution in [0.25, 0.3) is 28.7 Å². The van der Waals surface area contributed by atoms with Crippen molar-refractivity contribution in [2.24, 2.45) is 0 Å². The largest absolute Gasteiger partial charge is 0.307 e. The molecule has 2 aromatic carbocycles. The molecule has 0 bridgehead atoms. The van der Waals surface area contributed by atoms with E-state index in [0.29, 0.717) is 22.5 Å². The molecule has 0 aliphatic heterocycles. The molecule has 5 rings (SSSR count). The normalized spacial score (nSPS) is 11.4. The van der Waals surface area contributed by atoms with Gasteiger partial charge in [-0.25, -0.2) is 4.68 Å². The molecule has 0 saturated heterocycles. The van der Waals surface area contributed by atoms with E-state index in [4.69, 9.17) is 0 Å². The van der Waals surface area contributed by atoms with Gasteiger partial charge in [-0.15, -0.1) is 0 Å². The number of fused-ring (bicyclic) bond motifs is 1. The summed E-state index contributed by atoms with van der Waals surface area (Å²) in [5, 5.41) is 12.0. The first-order chi connectivity index (χ1) is 16.9. The van der Waals surface area contributed by atoms with E-state index in [1.165, 1.54) is 17.0 Å². The second kappa shape index (κ2) is 8.86. The Morgan fingerprint density at radius 2 is 1.83 bits per heavy atom. The fourth-order valence-corrected chi connectivity index (χ4v) is 3.80. The number of anilines is 1. The number of hydrogen-bond acceptors (Lipinski definition) is 5. The Balaban J connectivity index is 1.54. The summed E-state index contributed by atoms with van der Waals surface area (Å²) in [6.45, 7) is 5.81. The molecule has 3 aromatic heterocycles. The van der Waals surface area contributed by atoms with Crippen LogP contribution in [0.15, 0.2) is 71.7 Å². The second-order valence-corrected chi connectivity index (χ2v) is 8.22. The zero-order valence-corrected chi connectivity index (χ0v) is 19.5. The zero-order chi connectivity index (χ0) is 24.5. The summed E-state index contributed by atoms with van der Waals surface area (Å²) in [5.41, 5.74) is 4.58. The fraction of sp³-hybridized carbons (Fsp3) is 0.115. The van der Waals surface area contributed by atoms with Crippen LogP contribution in [-0.2, 0) is 4.79 Å². The van der Waals surface area contributed by atoms with Gasteiger partial charge in [-0.2, -0.15) is 19.9 Å². The predicted octanol–water partition coefficient (Wildman–Crippen LogP) is 3.87. The molecular formula is C26H23N7O2. The van der Waals surface area contributed by atoms with E-state index >= 15 is 0 Å². The number of amides is 1. The van der Waals surface area contributed by atoms with Gasteiger partial charge in [0.1, 0.15) is 11.2 Å². The lowest BCUT2D eigenvalue weighted by Gasteiger charge is -2.10. The van der Waals surface area contributed by atoms with E-state index in [2.05, 4.69) is 25.5 Å². The van der Waals surface area contributed by atoms with E-state index in [1.807, 2.05) is 62.4 Å². The van der Waals surface area contributed by atoms with Crippen molar-refractivity contribution in [3.63, 3.8) is 0 Å². The number of benzene rings is 2. The minimum Gasteiger partial charge on any atom is -0.307 e. The number of rotatable bonds is 5. The quantitative estimate of drug-likeness (QED) is 0.383. The van der Waals surface area contributed by atoms with Crippen molar-refractivity contribution in [3.8, 4) is 11.6 Å². The third kappa shape index (κ3) is 4.26. The van der Waals surface area contributed by atoms with Crippen molar-refractivity contribution < 1.29 is 4.79 Å². The highest BCUT2D eigenvalue weighted by molar-refractivity contribution is 6.01. The van der Waals surface area contributed by atoms with Crippen LogP contribution in [0.3, 0.4) is 0 Å². The lowest BCUT2D eigenvalue weighted by atomic mass is 10.1. The van der Waals surface area contributed by atoms with Crippen molar-refractivity contribution in [3.05, 3.63) is 99.6 Å². The predicted molar refractivity (Wildman–Crippen MR) is 135 cm³/mol. The number of nitrogens with zero attached hydrogens (tertiary/aromatic N) is 5. The van der Waals surface area contributed by atoms with E-state index in [1.54, 1.807) is 23.7 Å². The van der Waals surface area contributed by atoms with Gasteiger partial charge in [0.25, 0.3) is 5.56 Å². The van der Waals surface area contributed by atoms with Crippen LogP contribution >= 0.6 is 0 Å². The van der Waals surface area contributed by atoms with Crippen LogP contribution < -0.4 is 10.9 Å². The monoisotopic (exact) mass is 465 g/mol. The summed E-state index contributed by atoms with van der Waals surface area (Å²) in [7, 11) is 0. The molecule has 0 unspecified atom stereocenters. The minimum absolute atomic E-state index is 0.171. The van der Waals surface area contributed by atoms with Gasteiger partial charge in [0.05, 0.1) is 17.6 Å². The molecule has 1 amide bonds. The Hall–Kier alpha value is -4.79. The smallest absolute Gasteiger partial charge is 0.263 e. The Labute approximate surface area is 200 Å². The Morgan fingerprint density at radius 1 is 1.03 bits per heavy atom. The number of carbonyl (C=O) groups excluding carboxylic acids is 1. The molecule has 9 heteroatoms. The zero-order valence-electron chi connectivity index (χ0n) is 19.5. The molecule has 2 N–H and O–H groups in total. The highest BCUT2D eigenvalue weighted by Gasteiger charge is 2.17. The van der Waals surface area contributed by atoms with Crippen molar-refractivity contribution in [2.45, 2.75) is 20.8 Å². The van der Waals surface area contributed by atoms with Gasteiger partial charge in [0.15, 0.2) is 5.65 Å². The number of carbonyl (C=O) groups is 1. The molecule has 35 heavy (non-hydrogen) atoms. The van der Waals surface area contributed by atoms with Crippen LogP contribution in [0.1, 0.15) is 22.4 Å². The molecule has 174 valence electrons. The van der Waals surface area contributed by atoms with Crippen LogP contribution in [0.5, 0.6) is 0 Å². The van der Waals surface area contributed by atoms with Crippen LogP contribution in [0.4, 0.5) is 5.82 Å². The van der Waals surface area contributed by atoms with Gasteiger partial charge in [-0.3, -0.25) is 14.6 Å². The van der Waals surface area contributed by atoms with E-state index in [9.17, 15) is 9.59 Å². The van der Waals surface area contributed by atoms with Crippen molar-refractivity contribution >= 4 is 28.8 Å². The highest BCUT2D eigenvalue weighted by atomic mass is 16.1. The third-order valence-corrected chi connectivity index (χ3v) is 5.74. The third-order valence-electron chi connectivity index (χ3n) is 5.74. The molecule has 0 spiro atoms. The lowest BCUT2D eigenvalue weighted by Crippen LogP contribution is -2.18. The number of H-pyrrole nitrogens is 1. The fourth-order valence-electron chi connectivity index (χ4n) is 3.80. The Bertz CT molecular complexity index is 1640.